The van der Waals surface area contributed by atoms with Crippen LogP contribution >= 0.6 is 0 Å². The molecule has 10 rings (SSSR count). The van der Waals surface area contributed by atoms with Crippen molar-refractivity contribution < 1.29 is 0 Å². The molecular formula is C52H42N4. The summed E-state index contributed by atoms with van der Waals surface area (Å²) in [6.07, 6.45) is -0.125. The van der Waals surface area contributed by atoms with Crippen LogP contribution in [0.25, 0.3) is 77.1 Å². The Labute approximate surface area is 327 Å². The van der Waals surface area contributed by atoms with Crippen molar-refractivity contribution in [2.45, 2.75) is 26.9 Å². The minimum Gasteiger partial charge on any atom is -0.339 e. The van der Waals surface area contributed by atoms with E-state index < -0.39 is 0 Å². The molecule has 4 nitrogen and oxygen atoms in total. The van der Waals surface area contributed by atoms with Crippen molar-refractivity contribution in [1.29, 1.82) is 0 Å². The fourth-order valence-corrected chi connectivity index (χ4v) is 8.87. The maximum Gasteiger partial charge on any atom is 0.137 e. The summed E-state index contributed by atoms with van der Waals surface area (Å²) in [7, 11) is 2.16. The summed E-state index contributed by atoms with van der Waals surface area (Å²) in [6.45, 7) is 11.1. The SMILES string of the molecule is C=C(/N=C(/c1ccccc1)N(C)C(C)n1c2ccc(-c3ccc(C)c(-c4ccccc4C)c3)cc2c2c1c1c3ccccc3c3cccc2n31)c1ccccc1. The minimum absolute atomic E-state index is 0.125. The Bertz CT molecular complexity index is 3140. The second-order valence-corrected chi connectivity index (χ2v) is 15.1. The van der Waals surface area contributed by atoms with Crippen LogP contribution in [0, 0.1) is 13.8 Å². The molecule has 0 aliphatic rings. The van der Waals surface area contributed by atoms with Crippen LogP contribution in [0.5, 0.6) is 0 Å². The maximum absolute atomic E-state index is 5.27. The summed E-state index contributed by atoms with van der Waals surface area (Å²) >= 11 is 0. The van der Waals surface area contributed by atoms with Crippen LogP contribution < -0.4 is 0 Å². The van der Waals surface area contributed by atoms with Crippen molar-refractivity contribution in [3.63, 3.8) is 0 Å². The lowest BCUT2D eigenvalue weighted by molar-refractivity contribution is 0.316. The van der Waals surface area contributed by atoms with Gasteiger partial charge in [0.05, 0.1) is 33.3 Å². The molecule has 1 unspecified atom stereocenters. The summed E-state index contributed by atoms with van der Waals surface area (Å²) in [6, 6.07) is 58.9. The first kappa shape index (κ1) is 33.6. The van der Waals surface area contributed by atoms with Crippen LogP contribution in [0.2, 0.25) is 0 Å². The predicted octanol–water partition coefficient (Wildman–Crippen LogP) is 13.3. The number of hydrogen-bond acceptors (Lipinski definition) is 1. The minimum atomic E-state index is -0.125. The van der Waals surface area contributed by atoms with Crippen LogP contribution in [-0.4, -0.2) is 26.8 Å². The average Bonchev–Trinajstić information content (AvgIpc) is 3.88. The molecule has 0 saturated carbocycles. The van der Waals surface area contributed by atoms with Crippen molar-refractivity contribution in [1.82, 2.24) is 13.9 Å². The van der Waals surface area contributed by atoms with Crippen molar-refractivity contribution in [2.75, 3.05) is 7.05 Å². The predicted molar refractivity (Wildman–Crippen MR) is 238 cm³/mol. The highest BCUT2D eigenvalue weighted by Crippen LogP contribution is 2.46. The Kier molecular flexibility index (Phi) is 7.89. The Morgan fingerprint density at radius 3 is 1.95 bits per heavy atom. The average molecular weight is 723 g/mol. The molecule has 0 amide bonds. The number of aromatic nitrogens is 2. The lowest BCUT2D eigenvalue weighted by Gasteiger charge is -2.31. The fourth-order valence-electron chi connectivity index (χ4n) is 8.87. The number of benzene rings is 6. The summed E-state index contributed by atoms with van der Waals surface area (Å²) < 4.78 is 5.02. The number of nitrogens with zero attached hydrogens (tertiary/aromatic N) is 4. The largest absolute Gasteiger partial charge is 0.339 e. The topological polar surface area (TPSA) is 24.9 Å². The van der Waals surface area contributed by atoms with E-state index >= 15 is 0 Å². The first-order chi connectivity index (χ1) is 27.4. The molecule has 0 fully saturated rings. The van der Waals surface area contributed by atoms with Gasteiger partial charge in [-0.3, -0.25) is 0 Å². The van der Waals surface area contributed by atoms with Crippen LogP contribution in [0.1, 0.15) is 35.3 Å². The van der Waals surface area contributed by atoms with Crippen molar-refractivity contribution in [3.05, 3.63) is 193 Å². The van der Waals surface area contributed by atoms with Crippen LogP contribution in [0.3, 0.4) is 0 Å². The van der Waals surface area contributed by atoms with E-state index in [9.17, 15) is 0 Å². The number of amidine groups is 1. The number of aryl methyl sites for hydroxylation is 2. The molecule has 4 heterocycles. The second-order valence-electron chi connectivity index (χ2n) is 15.1. The molecule has 0 spiro atoms. The molecule has 0 aliphatic heterocycles. The molecule has 0 N–H and O–H groups in total. The van der Waals surface area contributed by atoms with E-state index in [0.29, 0.717) is 0 Å². The summed E-state index contributed by atoms with van der Waals surface area (Å²) in [5.74, 6) is 0.864. The molecular weight excluding hydrogens is 681 g/mol. The maximum atomic E-state index is 5.27. The van der Waals surface area contributed by atoms with E-state index in [2.05, 4.69) is 194 Å². The fraction of sp³-hybridized carbons (Fsp3) is 0.0962. The standard InChI is InChI=1S/C52H42N4/c1-33-17-12-13-22-41(33)44-31-39(28-27-34(44)2)40-29-30-47-45(32-40)49-48-26-16-25-46-42-23-14-15-24-43(42)50(56(46)48)51(49)55(47)36(4)54(5)52(38-20-10-7-11-21-38)53-35(3)37-18-8-6-9-19-37/h6-32,36H,3H2,1-2,4-5H3/b53-52-. The van der Waals surface area contributed by atoms with E-state index in [1.165, 1.54) is 82.5 Å². The Morgan fingerprint density at radius 2 is 1.18 bits per heavy atom. The Balaban J connectivity index is 1.23. The molecule has 56 heavy (non-hydrogen) atoms. The molecule has 0 bridgehead atoms. The zero-order chi connectivity index (χ0) is 38.1. The van der Waals surface area contributed by atoms with Gasteiger partial charge in [0.25, 0.3) is 0 Å². The van der Waals surface area contributed by atoms with Gasteiger partial charge < -0.3 is 13.9 Å². The number of pyridine rings is 1. The van der Waals surface area contributed by atoms with Crippen molar-refractivity contribution in [2.24, 2.45) is 4.99 Å². The first-order valence-electron chi connectivity index (χ1n) is 19.4. The molecule has 4 heteroatoms. The van der Waals surface area contributed by atoms with Gasteiger partial charge in [0.1, 0.15) is 12.0 Å². The number of fused-ring (bicyclic) bond motifs is 8. The molecule has 6 aromatic carbocycles. The summed E-state index contributed by atoms with van der Waals surface area (Å²) in [4.78, 5) is 7.58. The highest BCUT2D eigenvalue weighted by molar-refractivity contribution is 6.29. The molecule has 0 radical (unpaired) electrons. The number of rotatable bonds is 7. The number of hydrogen-bond donors (Lipinski definition) is 0. The van der Waals surface area contributed by atoms with Gasteiger partial charge in [-0.05, 0) is 90.0 Å². The Morgan fingerprint density at radius 1 is 0.554 bits per heavy atom. The molecule has 0 saturated heterocycles. The van der Waals surface area contributed by atoms with Gasteiger partial charge >= 0.3 is 0 Å². The number of aliphatic imine (C=N–C) groups is 1. The normalized spacial score (nSPS) is 12.8. The van der Waals surface area contributed by atoms with Gasteiger partial charge in [0.2, 0.25) is 0 Å². The monoisotopic (exact) mass is 722 g/mol. The first-order valence-corrected chi connectivity index (χ1v) is 19.4. The lowest BCUT2D eigenvalue weighted by atomic mass is 9.92. The molecule has 4 aromatic heterocycles. The smallest absolute Gasteiger partial charge is 0.137 e. The van der Waals surface area contributed by atoms with Crippen LogP contribution in [-0.2, 0) is 0 Å². The van der Waals surface area contributed by atoms with Gasteiger partial charge in [0, 0.05) is 34.2 Å². The van der Waals surface area contributed by atoms with Gasteiger partial charge in [-0.15, -0.1) is 0 Å². The van der Waals surface area contributed by atoms with Gasteiger partial charge in [-0.25, -0.2) is 4.99 Å². The lowest BCUT2D eigenvalue weighted by Crippen LogP contribution is -2.33. The van der Waals surface area contributed by atoms with E-state index in [4.69, 9.17) is 4.99 Å². The highest BCUT2D eigenvalue weighted by Gasteiger charge is 2.28. The molecule has 270 valence electrons. The zero-order valence-electron chi connectivity index (χ0n) is 32.2. The summed E-state index contributed by atoms with van der Waals surface area (Å²) in [5, 5.41) is 5.03. The van der Waals surface area contributed by atoms with E-state index in [1.807, 2.05) is 18.2 Å². The van der Waals surface area contributed by atoms with Crippen molar-refractivity contribution >= 4 is 60.7 Å². The van der Waals surface area contributed by atoms with Crippen LogP contribution in [0.15, 0.2) is 175 Å². The Hall–Kier alpha value is -6.91. The van der Waals surface area contributed by atoms with E-state index in [1.54, 1.807) is 0 Å². The van der Waals surface area contributed by atoms with Crippen molar-refractivity contribution in [3.8, 4) is 22.3 Å². The van der Waals surface area contributed by atoms with Gasteiger partial charge in [-0.2, -0.15) is 0 Å². The van der Waals surface area contributed by atoms with Gasteiger partial charge in [0.15, 0.2) is 0 Å². The summed E-state index contributed by atoms with van der Waals surface area (Å²) in [5.41, 5.74) is 16.4. The molecule has 0 aliphatic carbocycles. The van der Waals surface area contributed by atoms with Crippen LogP contribution in [0.4, 0.5) is 0 Å². The van der Waals surface area contributed by atoms with Gasteiger partial charge in [-0.1, -0.05) is 140 Å². The van der Waals surface area contributed by atoms with E-state index in [0.717, 1.165) is 22.7 Å². The zero-order valence-corrected chi connectivity index (χ0v) is 32.2. The third-order valence-corrected chi connectivity index (χ3v) is 11.8. The molecule has 1 atom stereocenters. The highest BCUT2D eigenvalue weighted by atomic mass is 15.3. The molecule has 10 aromatic rings. The van der Waals surface area contributed by atoms with E-state index in [-0.39, 0.29) is 6.17 Å². The third kappa shape index (κ3) is 5.17. The third-order valence-electron chi connectivity index (χ3n) is 11.8. The quantitative estimate of drug-likeness (QED) is 0.119. The second kappa shape index (κ2) is 13.1.